The van der Waals surface area contributed by atoms with Crippen LogP contribution in [0.2, 0.25) is 0 Å². The number of amides is 1. The average Bonchev–Trinajstić information content (AvgIpc) is 3.44. The van der Waals surface area contributed by atoms with Crippen LogP contribution in [0.1, 0.15) is 316 Å². The topological polar surface area (TPSA) is 114 Å². The van der Waals surface area contributed by atoms with E-state index in [1.54, 1.807) is 0 Å². The smallest absolute Gasteiger partial charge is 0.306 e. The molecule has 0 saturated carbocycles. The molecule has 472 valence electrons. The number of nitrogens with zero attached hydrogens (tertiary/aromatic N) is 1. The maximum atomic E-state index is 13.6. The lowest BCUT2D eigenvalue weighted by molar-refractivity contribution is -0.870. The fraction of sp³-hybridized carbons (Fsp3) is 0.803. The molecule has 0 aliphatic carbocycles. The van der Waals surface area contributed by atoms with Gasteiger partial charge < -0.3 is 28.5 Å². The zero-order chi connectivity index (χ0) is 59.3. The minimum absolute atomic E-state index is 0.0275. The highest BCUT2D eigenvalue weighted by Crippen LogP contribution is 2.38. The first-order valence-corrected chi connectivity index (χ1v) is 35.7. The summed E-state index contributed by atoms with van der Waals surface area (Å²) in [6, 6.07) is -0.900. The number of unbranched alkanes of at least 4 members (excludes halogenated alkanes) is 36. The molecule has 0 aliphatic heterocycles. The summed E-state index contributed by atoms with van der Waals surface area (Å²) in [5.74, 6) is -0.554. The van der Waals surface area contributed by atoms with E-state index >= 15 is 0 Å². The largest absolute Gasteiger partial charge is 0.756 e. The Bertz CT molecular complexity index is 1620. The van der Waals surface area contributed by atoms with Gasteiger partial charge in [-0.2, -0.15) is 0 Å². The van der Waals surface area contributed by atoms with Gasteiger partial charge >= 0.3 is 5.97 Å². The molecule has 3 unspecified atom stereocenters. The number of hydrogen-bond acceptors (Lipinski definition) is 7. The predicted molar refractivity (Wildman–Crippen MR) is 348 cm³/mol. The maximum Gasteiger partial charge on any atom is 0.306 e. The third-order valence-corrected chi connectivity index (χ3v) is 16.1. The molecule has 0 aromatic carbocycles. The summed E-state index contributed by atoms with van der Waals surface area (Å²) in [5, 5.41) is 3.03. The highest BCUT2D eigenvalue weighted by atomic mass is 31.2. The second-order valence-electron chi connectivity index (χ2n) is 24.3. The summed E-state index contributed by atoms with van der Waals surface area (Å²) in [5.41, 5.74) is 0. The number of allylic oxidation sites excluding steroid dienone is 11. The van der Waals surface area contributed by atoms with Gasteiger partial charge in [-0.25, -0.2) is 0 Å². The molecule has 9 nitrogen and oxygen atoms in total. The molecule has 0 saturated heterocycles. The molecular weight excluding hydrogens is 1020 g/mol. The van der Waals surface area contributed by atoms with Gasteiger partial charge in [0, 0.05) is 12.8 Å². The molecule has 0 fully saturated rings. The lowest BCUT2D eigenvalue weighted by Crippen LogP contribution is -2.47. The Kier molecular flexibility index (Phi) is 58.7. The van der Waals surface area contributed by atoms with Crippen LogP contribution in [-0.4, -0.2) is 69.4 Å². The number of rotatable bonds is 62. The lowest BCUT2D eigenvalue weighted by atomic mass is 10.0. The molecular formula is C71H131N2O7P. The van der Waals surface area contributed by atoms with Gasteiger partial charge in [-0.05, 0) is 76.7 Å². The number of phosphoric acid groups is 1. The second-order valence-corrected chi connectivity index (χ2v) is 25.7. The highest BCUT2D eigenvalue weighted by Gasteiger charge is 2.27. The summed E-state index contributed by atoms with van der Waals surface area (Å²) in [6.45, 7) is 6.74. The van der Waals surface area contributed by atoms with Gasteiger partial charge in [0.25, 0.3) is 7.82 Å². The van der Waals surface area contributed by atoms with Crippen LogP contribution in [0.15, 0.2) is 72.9 Å². The Morgan fingerprint density at radius 1 is 0.444 bits per heavy atom. The van der Waals surface area contributed by atoms with Crippen LogP contribution in [0.4, 0.5) is 0 Å². The van der Waals surface area contributed by atoms with Crippen molar-refractivity contribution in [2.45, 2.75) is 328 Å². The van der Waals surface area contributed by atoms with E-state index in [1.807, 2.05) is 33.3 Å². The number of quaternary nitrogens is 1. The van der Waals surface area contributed by atoms with Crippen molar-refractivity contribution in [2.75, 3.05) is 40.9 Å². The van der Waals surface area contributed by atoms with Crippen LogP contribution < -0.4 is 10.2 Å². The monoisotopic (exact) mass is 1150 g/mol. The molecule has 0 radical (unpaired) electrons. The van der Waals surface area contributed by atoms with Crippen molar-refractivity contribution < 1.29 is 37.3 Å². The Morgan fingerprint density at radius 2 is 0.790 bits per heavy atom. The number of carbonyl (C=O) groups excluding carboxylic acids is 2. The van der Waals surface area contributed by atoms with Crippen molar-refractivity contribution in [1.82, 2.24) is 5.32 Å². The minimum Gasteiger partial charge on any atom is -0.756 e. The van der Waals surface area contributed by atoms with Gasteiger partial charge in [0.2, 0.25) is 5.91 Å². The van der Waals surface area contributed by atoms with Crippen molar-refractivity contribution in [3.8, 4) is 0 Å². The van der Waals surface area contributed by atoms with Crippen LogP contribution in [0.5, 0.6) is 0 Å². The molecule has 0 heterocycles. The number of carbonyl (C=O) groups is 2. The Labute approximate surface area is 502 Å². The summed E-state index contributed by atoms with van der Waals surface area (Å²) >= 11 is 0. The summed E-state index contributed by atoms with van der Waals surface area (Å²) in [4.78, 5) is 40.1. The Balaban J connectivity index is 5.10. The summed E-state index contributed by atoms with van der Waals surface area (Å²) < 4.78 is 30.4. The number of phosphoric ester groups is 1. The molecule has 0 spiro atoms. The van der Waals surface area contributed by atoms with E-state index in [4.69, 9.17) is 13.8 Å². The van der Waals surface area contributed by atoms with Gasteiger partial charge in [0.15, 0.2) is 0 Å². The molecule has 10 heteroatoms. The number of ether oxygens (including phenoxy) is 1. The number of esters is 1. The molecule has 0 aromatic heterocycles. The highest BCUT2D eigenvalue weighted by molar-refractivity contribution is 7.45. The first-order chi connectivity index (χ1) is 39.4. The second kappa shape index (κ2) is 60.6. The molecule has 81 heavy (non-hydrogen) atoms. The lowest BCUT2D eigenvalue weighted by Gasteiger charge is -2.30. The fourth-order valence-corrected chi connectivity index (χ4v) is 10.6. The first kappa shape index (κ1) is 78.5. The van der Waals surface area contributed by atoms with E-state index in [9.17, 15) is 19.0 Å². The van der Waals surface area contributed by atoms with Gasteiger partial charge in [0.1, 0.15) is 19.3 Å². The van der Waals surface area contributed by atoms with E-state index in [0.717, 1.165) is 103 Å². The molecule has 0 aliphatic rings. The Hall–Kier alpha value is -2.55. The SMILES string of the molecule is CC/C=C\C/C=C\C/C=C\C/C=C\C/C=C\CCCCCCCC(=O)NC(COP(=O)([O-])OCC[N+](C)(C)C)C(/C=C/CCCCCCCCCCC)OC(=O)CCCCCCCCCCCCCCCCCCCCCCCCC. The van der Waals surface area contributed by atoms with Crippen LogP contribution in [-0.2, 0) is 27.9 Å². The average molecular weight is 1160 g/mol. The van der Waals surface area contributed by atoms with Gasteiger partial charge in [-0.1, -0.05) is 299 Å². The van der Waals surface area contributed by atoms with Crippen molar-refractivity contribution in [1.29, 1.82) is 0 Å². The molecule has 0 bridgehead atoms. The number of hydrogen-bond donors (Lipinski definition) is 1. The third kappa shape index (κ3) is 61.8. The number of likely N-dealkylation sites (N-methyl/N-ethyl adjacent to an activating group) is 1. The quantitative estimate of drug-likeness (QED) is 0.0212. The third-order valence-electron chi connectivity index (χ3n) is 15.2. The summed E-state index contributed by atoms with van der Waals surface area (Å²) in [6.07, 6.45) is 78.8. The van der Waals surface area contributed by atoms with Crippen molar-refractivity contribution in [3.05, 3.63) is 72.9 Å². The zero-order valence-corrected chi connectivity index (χ0v) is 54.9. The zero-order valence-electron chi connectivity index (χ0n) is 54.0. The fourth-order valence-electron chi connectivity index (χ4n) is 9.90. The molecule has 1 amide bonds. The predicted octanol–water partition coefficient (Wildman–Crippen LogP) is 20.9. The molecule has 3 atom stereocenters. The Morgan fingerprint density at radius 3 is 1.19 bits per heavy atom. The number of nitrogens with one attached hydrogen (secondary N) is 1. The van der Waals surface area contributed by atoms with E-state index in [1.165, 1.54) is 173 Å². The minimum atomic E-state index is -4.71. The van der Waals surface area contributed by atoms with Gasteiger partial charge in [-0.15, -0.1) is 0 Å². The van der Waals surface area contributed by atoms with E-state index in [-0.39, 0.29) is 24.9 Å². The standard InChI is InChI=1S/C71H131N2O7P/c1-7-10-13-16-19-22-25-27-29-31-33-35-36-38-40-42-44-46-49-52-55-58-61-64-71(75)80-69(62-59-56-53-50-47-24-21-18-15-12-9-3)68(67-79-81(76,77)78-66-65-73(4,5)6)72-70(74)63-60-57-54-51-48-45-43-41-39-37-34-32-30-28-26-23-20-17-14-11-8-2/h11,14,20,23,28,30,34,37,41,43,59,62,68-69H,7-10,12-13,15-19,21-22,24-27,29,31-33,35-36,38-40,42,44-58,60-61,63-67H2,1-6H3,(H-,72,74,76,77)/b14-11-,23-20-,30-28-,37-34-,43-41-,62-59+. The summed E-state index contributed by atoms with van der Waals surface area (Å²) in [7, 11) is 1.17. The normalized spacial score (nSPS) is 14.0. The van der Waals surface area contributed by atoms with E-state index in [2.05, 4.69) is 86.8 Å². The van der Waals surface area contributed by atoms with E-state index < -0.39 is 26.6 Å². The van der Waals surface area contributed by atoms with E-state index in [0.29, 0.717) is 23.9 Å². The first-order valence-electron chi connectivity index (χ1n) is 34.2. The molecule has 1 N–H and O–H groups in total. The van der Waals surface area contributed by atoms with Crippen molar-refractivity contribution >= 4 is 19.7 Å². The van der Waals surface area contributed by atoms with Gasteiger partial charge in [0.05, 0.1) is 33.8 Å². The van der Waals surface area contributed by atoms with Crippen molar-refractivity contribution in [2.24, 2.45) is 0 Å². The van der Waals surface area contributed by atoms with Crippen LogP contribution >= 0.6 is 7.82 Å². The van der Waals surface area contributed by atoms with Crippen molar-refractivity contribution in [3.63, 3.8) is 0 Å². The maximum absolute atomic E-state index is 13.6. The molecule has 0 rings (SSSR count). The molecule has 0 aromatic rings. The van der Waals surface area contributed by atoms with Gasteiger partial charge in [-0.3, -0.25) is 14.2 Å². The van der Waals surface area contributed by atoms with Crippen LogP contribution in [0, 0.1) is 0 Å². The van der Waals surface area contributed by atoms with Crippen LogP contribution in [0.25, 0.3) is 0 Å². The van der Waals surface area contributed by atoms with Crippen LogP contribution in [0.3, 0.4) is 0 Å².